The lowest BCUT2D eigenvalue weighted by Gasteiger charge is -2.38. The number of nitrogens with one attached hydrogen (secondary N) is 2. The third-order valence-electron chi connectivity index (χ3n) is 6.78. The number of hydrogen-bond acceptors (Lipinski definition) is 2. The molecule has 0 bridgehead atoms. The Morgan fingerprint density at radius 3 is 2.45 bits per heavy atom. The summed E-state index contributed by atoms with van der Waals surface area (Å²) >= 11 is 12.6. The molecule has 2 fully saturated rings. The molecule has 4 nitrogen and oxygen atoms in total. The van der Waals surface area contributed by atoms with Gasteiger partial charge in [0.15, 0.2) is 0 Å². The van der Waals surface area contributed by atoms with Crippen LogP contribution in [0.5, 0.6) is 0 Å². The zero-order valence-corrected chi connectivity index (χ0v) is 18.7. The van der Waals surface area contributed by atoms with E-state index in [2.05, 4.69) is 17.6 Å². The first-order chi connectivity index (χ1) is 13.6. The van der Waals surface area contributed by atoms with E-state index in [0.29, 0.717) is 12.8 Å². The molecule has 0 spiro atoms. The number of amides is 2. The number of carbonyl (C=O) groups is 2. The average Bonchev–Trinajstić information content (AvgIpc) is 3.24. The van der Waals surface area contributed by atoms with Gasteiger partial charge in [0, 0.05) is 23.9 Å². The van der Waals surface area contributed by atoms with Gasteiger partial charge in [-0.25, -0.2) is 4.39 Å². The van der Waals surface area contributed by atoms with Crippen molar-refractivity contribution in [3.05, 3.63) is 33.6 Å². The van der Waals surface area contributed by atoms with Gasteiger partial charge in [0.2, 0.25) is 11.8 Å². The first-order valence-electron chi connectivity index (χ1n) is 10.3. The molecule has 0 unspecified atom stereocenters. The van der Waals surface area contributed by atoms with E-state index in [-0.39, 0.29) is 38.9 Å². The quantitative estimate of drug-likeness (QED) is 0.585. The molecule has 3 rings (SSSR count). The monoisotopic (exact) mass is 442 g/mol. The van der Waals surface area contributed by atoms with E-state index in [1.165, 1.54) is 19.1 Å². The predicted molar refractivity (Wildman–Crippen MR) is 113 cm³/mol. The van der Waals surface area contributed by atoms with Gasteiger partial charge in [0.1, 0.15) is 5.82 Å². The maximum Gasteiger partial charge on any atom is 0.226 e. The molecule has 3 atom stereocenters. The van der Waals surface area contributed by atoms with Crippen LogP contribution < -0.4 is 10.6 Å². The molecule has 2 saturated carbocycles. The number of hydrogen-bond donors (Lipinski definition) is 2. The second-order valence-electron chi connectivity index (χ2n) is 9.23. The minimum atomic E-state index is -0.623. The van der Waals surface area contributed by atoms with Crippen molar-refractivity contribution in [2.24, 2.45) is 10.8 Å². The van der Waals surface area contributed by atoms with Crippen molar-refractivity contribution in [2.45, 2.75) is 77.8 Å². The third-order valence-corrected chi connectivity index (χ3v) is 7.60. The highest BCUT2D eigenvalue weighted by Gasteiger charge is 2.46. The summed E-state index contributed by atoms with van der Waals surface area (Å²) in [5, 5.41) is 6.50. The van der Waals surface area contributed by atoms with Gasteiger partial charge in [0.25, 0.3) is 0 Å². The van der Waals surface area contributed by atoms with Gasteiger partial charge >= 0.3 is 0 Å². The lowest BCUT2D eigenvalue weighted by Crippen LogP contribution is -2.45. The standard InChI is InChI=1S/C22H29Cl2FN2O2/c1-13(28)26-14-8-11-22(3,12-14)20(29)27-19(21(2)9-4-5-10-21)17-16(25)7-6-15(23)18(17)24/h6-7,14,19H,4-5,8-12H2,1-3H3,(H,26,28)(H,27,29)/t14-,19-,22-/m1/s1. The van der Waals surface area contributed by atoms with Crippen molar-refractivity contribution in [3.8, 4) is 0 Å². The third kappa shape index (κ3) is 4.56. The minimum absolute atomic E-state index is 0.0183. The molecule has 7 heteroatoms. The highest BCUT2D eigenvalue weighted by atomic mass is 35.5. The van der Waals surface area contributed by atoms with Crippen LogP contribution in [0, 0.1) is 16.6 Å². The fraction of sp³-hybridized carbons (Fsp3) is 0.636. The molecule has 2 amide bonds. The van der Waals surface area contributed by atoms with E-state index in [4.69, 9.17) is 23.2 Å². The summed E-state index contributed by atoms with van der Waals surface area (Å²) in [6.45, 7) is 5.48. The molecular formula is C22H29Cl2FN2O2. The Morgan fingerprint density at radius 2 is 1.83 bits per heavy atom. The molecule has 160 valence electrons. The van der Waals surface area contributed by atoms with E-state index in [9.17, 15) is 14.0 Å². The molecule has 0 radical (unpaired) electrons. The van der Waals surface area contributed by atoms with Gasteiger partial charge in [0.05, 0.1) is 16.1 Å². The van der Waals surface area contributed by atoms with Gasteiger partial charge in [-0.2, -0.15) is 0 Å². The first kappa shape index (κ1) is 22.4. The molecule has 0 saturated heterocycles. The molecule has 1 aromatic carbocycles. The Labute approximate surface area is 181 Å². The normalized spacial score (nSPS) is 26.9. The van der Waals surface area contributed by atoms with Gasteiger partial charge in [-0.05, 0) is 49.7 Å². The fourth-order valence-electron chi connectivity index (χ4n) is 5.04. The smallest absolute Gasteiger partial charge is 0.226 e. The molecule has 29 heavy (non-hydrogen) atoms. The first-order valence-corrected chi connectivity index (χ1v) is 11.0. The van der Waals surface area contributed by atoms with Crippen LogP contribution in [0.15, 0.2) is 12.1 Å². The lowest BCUT2D eigenvalue weighted by atomic mass is 9.76. The zero-order valence-electron chi connectivity index (χ0n) is 17.2. The Hall–Kier alpha value is -1.33. The van der Waals surface area contributed by atoms with Gasteiger partial charge in [-0.1, -0.05) is 49.9 Å². The van der Waals surface area contributed by atoms with Crippen LogP contribution in [-0.2, 0) is 9.59 Å². The summed E-state index contributed by atoms with van der Waals surface area (Å²) in [7, 11) is 0. The van der Waals surface area contributed by atoms with Crippen LogP contribution in [0.4, 0.5) is 4.39 Å². The maximum absolute atomic E-state index is 14.9. The van der Waals surface area contributed by atoms with Crippen LogP contribution in [0.25, 0.3) is 0 Å². The molecule has 2 aliphatic carbocycles. The number of rotatable bonds is 5. The highest BCUT2D eigenvalue weighted by Crippen LogP contribution is 2.50. The van der Waals surface area contributed by atoms with Crippen LogP contribution >= 0.6 is 23.2 Å². The summed E-state index contributed by atoms with van der Waals surface area (Å²) in [6, 6.07) is 2.18. The van der Waals surface area contributed by atoms with Crippen LogP contribution in [0.1, 0.15) is 77.3 Å². The van der Waals surface area contributed by atoms with E-state index < -0.39 is 17.3 Å². The number of carbonyl (C=O) groups excluding carboxylic acids is 2. The molecule has 0 aliphatic heterocycles. The molecule has 0 heterocycles. The minimum Gasteiger partial charge on any atom is -0.354 e. The average molecular weight is 443 g/mol. The van der Waals surface area contributed by atoms with Crippen LogP contribution in [0.2, 0.25) is 10.0 Å². The van der Waals surface area contributed by atoms with Crippen molar-refractivity contribution >= 4 is 35.0 Å². The number of benzene rings is 1. The van der Waals surface area contributed by atoms with E-state index in [1.807, 2.05) is 6.92 Å². The lowest BCUT2D eigenvalue weighted by molar-refractivity contribution is -0.132. The zero-order chi connectivity index (χ0) is 21.4. The van der Waals surface area contributed by atoms with Crippen molar-refractivity contribution < 1.29 is 14.0 Å². The molecule has 1 aromatic rings. The molecule has 2 aliphatic rings. The summed E-state index contributed by atoms with van der Waals surface area (Å²) in [6.07, 6.45) is 5.80. The summed E-state index contributed by atoms with van der Waals surface area (Å²) in [5.74, 6) is -0.673. The Bertz CT molecular complexity index is 810. The van der Waals surface area contributed by atoms with E-state index in [1.54, 1.807) is 0 Å². The van der Waals surface area contributed by atoms with E-state index in [0.717, 1.165) is 32.1 Å². The topological polar surface area (TPSA) is 58.2 Å². The van der Waals surface area contributed by atoms with Gasteiger partial charge in [-0.15, -0.1) is 0 Å². The van der Waals surface area contributed by atoms with Crippen molar-refractivity contribution in [3.63, 3.8) is 0 Å². The number of halogens is 3. The van der Waals surface area contributed by atoms with Gasteiger partial charge in [-0.3, -0.25) is 9.59 Å². The summed E-state index contributed by atoms with van der Waals surface area (Å²) < 4.78 is 14.9. The predicted octanol–water partition coefficient (Wildman–Crippen LogP) is 5.57. The Balaban J connectivity index is 1.90. The summed E-state index contributed by atoms with van der Waals surface area (Å²) in [4.78, 5) is 24.8. The van der Waals surface area contributed by atoms with Crippen molar-refractivity contribution in [1.82, 2.24) is 10.6 Å². The Morgan fingerprint density at radius 1 is 1.17 bits per heavy atom. The molecule has 0 aromatic heterocycles. The largest absolute Gasteiger partial charge is 0.354 e. The SMILES string of the molecule is CC(=O)N[C@@H]1CC[C@@](C)(C(=O)N[C@H](c2c(F)ccc(Cl)c2Cl)C2(C)CCCC2)C1. The van der Waals surface area contributed by atoms with Crippen molar-refractivity contribution in [1.29, 1.82) is 0 Å². The van der Waals surface area contributed by atoms with Crippen LogP contribution in [0.3, 0.4) is 0 Å². The van der Waals surface area contributed by atoms with Gasteiger partial charge < -0.3 is 10.6 Å². The fourth-order valence-corrected chi connectivity index (χ4v) is 5.46. The van der Waals surface area contributed by atoms with E-state index >= 15 is 0 Å². The Kier molecular flexibility index (Phi) is 6.50. The maximum atomic E-state index is 14.9. The summed E-state index contributed by atoms with van der Waals surface area (Å²) in [5.41, 5.74) is -0.643. The second kappa shape index (κ2) is 8.43. The highest BCUT2D eigenvalue weighted by molar-refractivity contribution is 6.42. The van der Waals surface area contributed by atoms with Crippen molar-refractivity contribution in [2.75, 3.05) is 0 Å². The second-order valence-corrected chi connectivity index (χ2v) is 10.0. The molecule has 2 N–H and O–H groups in total. The molecular weight excluding hydrogens is 414 g/mol. The van der Waals surface area contributed by atoms with Crippen LogP contribution in [-0.4, -0.2) is 17.9 Å².